The number of methoxy groups -OCH3 is 1. The summed E-state index contributed by atoms with van der Waals surface area (Å²) in [5.74, 6) is -0.339. The van der Waals surface area contributed by atoms with Crippen LogP contribution in [0.25, 0.3) is 0 Å². The Morgan fingerprint density at radius 1 is 1.48 bits per heavy atom. The highest BCUT2D eigenvalue weighted by Gasteiger charge is 2.27. The highest BCUT2D eigenvalue weighted by atomic mass is 16.6. The number of carbonyl (C=O) groups is 1. The van der Waals surface area contributed by atoms with Crippen LogP contribution in [-0.2, 0) is 0 Å². The van der Waals surface area contributed by atoms with E-state index < -0.39 is 10.8 Å². The van der Waals surface area contributed by atoms with E-state index in [1.165, 1.54) is 25.3 Å². The lowest BCUT2D eigenvalue weighted by Crippen LogP contribution is -2.39. The molecule has 0 spiro atoms. The molecule has 21 heavy (non-hydrogen) atoms. The molecule has 0 aliphatic rings. The first-order chi connectivity index (χ1) is 9.92. The zero-order chi connectivity index (χ0) is 16.0. The summed E-state index contributed by atoms with van der Waals surface area (Å²) in [7, 11) is 1.35. The Morgan fingerprint density at radius 2 is 2.14 bits per heavy atom. The minimum Gasteiger partial charge on any atom is -0.496 e. The monoisotopic (exact) mass is 296 g/mol. The van der Waals surface area contributed by atoms with E-state index in [9.17, 15) is 14.9 Å². The first-order valence-electron chi connectivity index (χ1n) is 6.65. The number of aliphatic hydroxyl groups is 1. The molecule has 116 valence electrons. The zero-order valence-electron chi connectivity index (χ0n) is 12.3. The molecule has 0 aromatic heterocycles. The first-order valence-corrected chi connectivity index (χ1v) is 6.65. The van der Waals surface area contributed by atoms with Crippen LogP contribution in [-0.4, -0.2) is 35.7 Å². The molecule has 0 saturated heterocycles. The molecule has 1 aromatic rings. The van der Waals surface area contributed by atoms with Crippen molar-refractivity contribution >= 4 is 11.6 Å². The topological polar surface area (TPSA) is 102 Å². The average Bonchev–Trinajstić information content (AvgIpc) is 2.45. The van der Waals surface area contributed by atoms with Crippen molar-refractivity contribution in [2.75, 3.05) is 13.7 Å². The summed E-state index contributed by atoms with van der Waals surface area (Å²) >= 11 is 0. The number of nitrogens with zero attached hydrogens (tertiary/aromatic N) is 1. The van der Waals surface area contributed by atoms with Gasteiger partial charge in [0.1, 0.15) is 5.75 Å². The second-order valence-corrected chi connectivity index (χ2v) is 4.95. The quantitative estimate of drug-likeness (QED) is 0.589. The molecule has 1 unspecified atom stereocenters. The van der Waals surface area contributed by atoms with Gasteiger partial charge in [-0.1, -0.05) is 19.9 Å². The summed E-state index contributed by atoms with van der Waals surface area (Å²) in [6, 6.07) is 3.94. The van der Waals surface area contributed by atoms with Crippen LogP contribution in [0.5, 0.6) is 5.75 Å². The van der Waals surface area contributed by atoms with Crippen LogP contribution in [0.1, 0.15) is 30.6 Å². The van der Waals surface area contributed by atoms with Crippen molar-refractivity contribution in [3.8, 4) is 5.75 Å². The predicted octanol–water partition coefficient (Wildman–Crippen LogP) is 1.74. The third-order valence-electron chi connectivity index (χ3n) is 3.21. The number of ether oxygens (including phenoxy) is 1. The minimum absolute atomic E-state index is 0.0723. The normalized spacial score (nSPS) is 12.0. The molecule has 0 aliphatic carbocycles. The molecule has 0 fully saturated rings. The zero-order valence-corrected chi connectivity index (χ0v) is 12.3. The highest BCUT2D eigenvalue weighted by Crippen LogP contribution is 2.28. The number of benzene rings is 1. The minimum atomic E-state index is -0.617. The molecule has 7 heteroatoms. The fraction of sp³-hybridized carbons (Fsp3) is 0.500. The van der Waals surface area contributed by atoms with Crippen LogP contribution < -0.4 is 10.1 Å². The van der Waals surface area contributed by atoms with Crippen molar-refractivity contribution < 1.29 is 19.6 Å². The third-order valence-corrected chi connectivity index (χ3v) is 3.21. The molecule has 0 radical (unpaired) electrons. The van der Waals surface area contributed by atoms with E-state index in [1.54, 1.807) is 0 Å². The Hall–Kier alpha value is -2.15. The SMILES string of the molecule is COc1cccc([N+](=O)[O-])c1C(=O)NC(CCO)C(C)C. The maximum absolute atomic E-state index is 12.4. The maximum atomic E-state index is 12.4. The lowest BCUT2D eigenvalue weighted by Gasteiger charge is -2.22. The molecule has 2 N–H and O–H groups in total. The van der Waals surface area contributed by atoms with Gasteiger partial charge in [0.25, 0.3) is 11.6 Å². The molecule has 7 nitrogen and oxygen atoms in total. The summed E-state index contributed by atoms with van der Waals surface area (Å²) in [4.78, 5) is 22.8. The standard InChI is InChI=1S/C14H20N2O5/c1-9(2)10(7-8-17)15-14(18)13-11(16(19)20)5-4-6-12(13)21-3/h4-6,9-10,17H,7-8H2,1-3H3,(H,15,18). The second-order valence-electron chi connectivity index (χ2n) is 4.95. The Morgan fingerprint density at radius 3 is 2.62 bits per heavy atom. The van der Waals surface area contributed by atoms with Gasteiger partial charge >= 0.3 is 0 Å². The summed E-state index contributed by atoms with van der Waals surface area (Å²) in [5, 5.41) is 22.8. The highest BCUT2D eigenvalue weighted by molar-refractivity contribution is 6.01. The molecular weight excluding hydrogens is 276 g/mol. The Kier molecular flexibility index (Phi) is 6.10. The van der Waals surface area contributed by atoms with Crippen LogP contribution in [0.15, 0.2) is 18.2 Å². The lowest BCUT2D eigenvalue weighted by molar-refractivity contribution is -0.385. The number of rotatable bonds is 7. The molecule has 1 atom stereocenters. The van der Waals surface area contributed by atoms with Gasteiger partial charge in [0, 0.05) is 18.7 Å². The lowest BCUT2D eigenvalue weighted by atomic mass is 10.0. The summed E-state index contributed by atoms with van der Waals surface area (Å²) < 4.78 is 5.04. The van der Waals surface area contributed by atoms with Gasteiger partial charge in [-0.2, -0.15) is 0 Å². The number of amides is 1. The van der Waals surface area contributed by atoms with E-state index in [0.717, 1.165) is 0 Å². The fourth-order valence-corrected chi connectivity index (χ4v) is 2.02. The molecule has 0 bridgehead atoms. The van der Waals surface area contributed by atoms with Gasteiger partial charge in [0.15, 0.2) is 5.56 Å². The smallest absolute Gasteiger partial charge is 0.285 e. The Bertz CT molecular complexity index is 516. The predicted molar refractivity (Wildman–Crippen MR) is 77.4 cm³/mol. The van der Waals surface area contributed by atoms with E-state index in [4.69, 9.17) is 9.84 Å². The molecule has 0 saturated carbocycles. The molecule has 1 rings (SSSR count). The third kappa shape index (κ3) is 4.16. The molecule has 1 aromatic carbocycles. The van der Waals surface area contributed by atoms with Gasteiger partial charge in [0.2, 0.25) is 0 Å². The van der Waals surface area contributed by atoms with E-state index in [1.807, 2.05) is 13.8 Å². The second kappa shape index (κ2) is 7.58. The van der Waals surface area contributed by atoms with Crippen LogP contribution in [0.4, 0.5) is 5.69 Å². The number of aliphatic hydroxyl groups excluding tert-OH is 1. The van der Waals surface area contributed by atoms with Gasteiger partial charge < -0.3 is 15.2 Å². The molecule has 0 aliphatic heterocycles. The van der Waals surface area contributed by atoms with Crippen LogP contribution in [0.3, 0.4) is 0 Å². The number of nitro groups is 1. The van der Waals surface area contributed by atoms with Crippen molar-refractivity contribution in [3.05, 3.63) is 33.9 Å². The first kappa shape index (κ1) is 16.9. The van der Waals surface area contributed by atoms with Crippen molar-refractivity contribution in [2.24, 2.45) is 5.92 Å². The largest absolute Gasteiger partial charge is 0.496 e. The summed E-state index contributed by atoms with van der Waals surface area (Å²) in [5.41, 5.74) is -0.410. The van der Waals surface area contributed by atoms with Gasteiger partial charge in [-0.15, -0.1) is 0 Å². The van der Waals surface area contributed by atoms with Crippen molar-refractivity contribution in [3.63, 3.8) is 0 Å². The van der Waals surface area contributed by atoms with Gasteiger partial charge in [-0.25, -0.2) is 0 Å². The van der Waals surface area contributed by atoms with Crippen LogP contribution in [0.2, 0.25) is 0 Å². The van der Waals surface area contributed by atoms with Crippen molar-refractivity contribution in [1.82, 2.24) is 5.32 Å². The maximum Gasteiger partial charge on any atom is 0.285 e. The number of hydrogen-bond acceptors (Lipinski definition) is 5. The molecule has 0 heterocycles. The molecule has 1 amide bonds. The number of carbonyl (C=O) groups excluding carboxylic acids is 1. The van der Waals surface area contributed by atoms with Crippen LogP contribution in [0, 0.1) is 16.0 Å². The molecular formula is C14H20N2O5. The fourth-order valence-electron chi connectivity index (χ4n) is 2.02. The number of nitrogens with one attached hydrogen (secondary N) is 1. The van der Waals surface area contributed by atoms with Crippen molar-refractivity contribution in [1.29, 1.82) is 0 Å². The van der Waals surface area contributed by atoms with Gasteiger partial charge in [0.05, 0.1) is 12.0 Å². The Labute approximate surface area is 123 Å². The van der Waals surface area contributed by atoms with Gasteiger partial charge in [-0.05, 0) is 18.4 Å². The Balaban J connectivity index is 3.13. The van der Waals surface area contributed by atoms with Crippen LogP contribution >= 0.6 is 0 Å². The number of hydrogen-bond donors (Lipinski definition) is 2. The van der Waals surface area contributed by atoms with Crippen molar-refractivity contribution in [2.45, 2.75) is 26.3 Å². The van der Waals surface area contributed by atoms with E-state index in [2.05, 4.69) is 5.32 Å². The summed E-state index contributed by atoms with van der Waals surface area (Å²) in [6.45, 7) is 3.73. The van der Waals surface area contributed by atoms with E-state index in [0.29, 0.717) is 6.42 Å². The van der Waals surface area contributed by atoms with Gasteiger partial charge in [-0.3, -0.25) is 14.9 Å². The van der Waals surface area contributed by atoms with E-state index >= 15 is 0 Å². The average molecular weight is 296 g/mol. The van der Waals surface area contributed by atoms with E-state index in [-0.39, 0.29) is 35.6 Å². The summed E-state index contributed by atoms with van der Waals surface area (Å²) in [6.07, 6.45) is 0.381. The number of nitro benzene ring substituents is 1.